The van der Waals surface area contributed by atoms with E-state index in [-0.39, 0.29) is 17.4 Å². The lowest BCUT2D eigenvalue weighted by atomic mass is 10.0. The maximum Gasteiger partial charge on any atom is 0.242 e. The van der Waals surface area contributed by atoms with E-state index in [0.29, 0.717) is 19.6 Å². The van der Waals surface area contributed by atoms with Crippen LogP contribution in [0.4, 0.5) is 0 Å². The van der Waals surface area contributed by atoms with Gasteiger partial charge in [0.25, 0.3) is 0 Å². The SMILES string of the molecule is COc1ccc2ccccc2c1CNC(=O)C(c1ccccc1)N1CCS(=O)(=O)CC1. The van der Waals surface area contributed by atoms with E-state index < -0.39 is 15.9 Å². The Kier molecular flexibility index (Phi) is 6.25. The smallest absolute Gasteiger partial charge is 0.242 e. The Hall–Kier alpha value is -2.90. The third-order valence-corrected chi connectivity index (χ3v) is 7.37. The molecule has 1 aliphatic heterocycles. The van der Waals surface area contributed by atoms with Crippen molar-refractivity contribution in [3.63, 3.8) is 0 Å². The zero-order valence-electron chi connectivity index (χ0n) is 17.5. The molecule has 31 heavy (non-hydrogen) atoms. The van der Waals surface area contributed by atoms with Crippen molar-refractivity contribution in [3.05, 3.63) is 77.9 Å². The Morgan fingerprint density at radius 2 is 1.68 bits per heavy atom. The van der Waals surface area contributed by atoms with Gasteiger partial charge in [0, 0.05) is 25.2 Å². The third-order valence-electron chi connectivity index (χ3n) is 5.76. The molecule has 0 aliphatic carbocycles. The lowest BCUT2D eigenvalue weighted by Crippen LogP contribution is -2.47. The molecule has 1 amide bonds. The second-order valence-electron chi connectivity index (χ2n) is 7.69. The van der Waals surface area contributed by atoms with Crippen molar-refractivity contribution in [1.29, 1.82) is 0 Å². The van der Waals surface area contributed by atoms with Crippen LogP contribution in [0.25, 0.3) is 10.8 Å². The molecule has 0 spiro atoms. The summed E-state index contributed by atoms with van der Waals surface area (Å²) < 4.78 is 29.3. The fourth-order valence-corrected chi connectivity index (χ4v) is 5.34. The van der Waals surface area contributed by atoms with Gasteiger partial charge in [0.2, 0.25) is 5.91 Å². The molecule has 6 nitrogen and oxygen atoms in total. The highest BCUT2D eigenvalue weighted by atomic mass is 32.2. The molecule has 1 N–H and O–H groups in total. The molecule has 1 heterocycles. The average molecular weight is 439 g/mol. The second-order valence-corrected chi connectivity index (χ2v) is 9.99. The number of methoxy groups -OCH3 is 1. The quantitative estimate of drug-likeness (QED) is 0.641. The van der Waals surface area contributed by atoms with Crippen molar-refractivity contribution in [3.8, 4) is 5.75 Å². The summed E-state index contributed by atoms with van der Waals surface area (Å²) in [6.45, 7) is 0.999. The van der Waals surface area contributed by atoms with E-state index in [1.54, 1.807) is 7.11 Å². The number of rotatable bonds is 6. The van der Waals surface area contributed by atoms with Crippen LogP contribution in [0.3, 0.4) is 0 Å². The normalized spacial score (nSPS) is 17.2. The van der Waals surface area contributed by atoms with Crippen molar-refractivity contribution in [1.82, 2.24) is 10.2 Å². The van der Waals surface area contributed by atoms with E-state index in [0.717, 1.165) is 27.6 Å². The molecule has 3 aromatic carbocycles. The minimum Gasteiger partial charge on any atom is -0.496 e. The Balaban J connectivity index is 1.60. The van der Waals surface area contributed by atoms with Gasteiger partial charge >= 0.3 is 0 Å². The summed E-state index contributed by atoms with van der Waals surface area (Å²) in [7, 11) is -1.41. The van der Waals surface area contributed by atoms with Crippen molar-refractivity contribution in [2.45, 2.75) is 12.6 Å². The van der Waals surface area contributed by atoms with Crippen molar-refractivity contribution < 1.29 is 17.9 Å². The Bertz CT molecular complexity index is 1160. The van der Waals surface area contributed by atoms with Gasteiger partial charge in [0.1, 0.15) is 11.8 Å². The van der Waals surface area contributed by atoms with Gasteiger partial charge < -0.3 is 10.1 Å². The minimum atomic E-state index is -3.04. The first-order valence-corrected chi connectivity index (χ1v) is 12.1. The molecule has 0 aromatic heterocycles. The molecule has 1 unspecified atom stereocenters. The van der Waals surface area contributed by atoms with E-state index in [4.69, 9.17) is 4.74 Å². The molecule has 1 fully saturated rings. The van der Waals surface area contributed by atoms with Gasteiger partial charge in [-0.3, -0.25) is 9.69 Å². The number of hydrogen-bond acceptors (Lipinski definition) is 5. The first-order chi connectivity index (χ1) is 15.0. The van der Waals surface area contributed by atoms with E-state index in [2.05, 4.69) is 5.32 Å². The van der Waals surface area contributed by atoms with Gasteiger partial charge in [-0.15, -0.1) is 0 Å². The summed E-state index contributed by atoms with van der Waals surface area (Å²) in [5.41, 5.74) is 1.77. The molecule has 4 rings (SSSR count). The number of nitrogens with zero attached hydrogens (tertiary/aromatic N) is 1. The maximum atomic E-state index is 13.4. The topological polar surface area (TPSA) is 75.7 Å². The Labute approximate surface area is 182 Å². The first-order valence-electron chi connectivity index (χ1n) is 10.3. The summed E-state index contributed by atoms with van der Waals surface area (Å²) in [6.07, 6.45) is 0. The van der Waals surface area contributed by atoms with Gasteiger partial charge in [0.15, 0.2) is 9.84 Å². The summed E-state index contributed by atoms with van der Waals surface area (Å²) >= 11 is 0. The first kappa shape index (κ1) is 21.3. The van der Waals surface area contributed by atoms with Crippen LogP contribution >= 0.6 is 0 Å². The van der Waals surface area contributed by atoms with Crippen molar-refractivity contribution in [2.24, 2.45) is 0 Å². The molecular weight excluding hydrogens is 412 g/mol. The Morgan fingerprint density at radius 1 is 1.00 bits per heavy atom. The van der Waals surface area contributed by atoms with Crippen LogP contribution in [-0.2, 0) is 21.2 Å². The van der Waals surface area contributed by atoms with Crippen LogP contribution in [0.15, 0.2) is 66.7 Å². The number of nitrogens with one attached hydrogen (secondary N) is 1. The van der Waals surface area contributed by atoms with Crippen LogP contribution < -0.4 is 10.1 Å². The van der Waals surface area contributed by atoms with Gasteiger partial charge in [-0.1, -0.05) is 60.7 Å². The zero-order chi connectivity index (χ0) is 21.8. The van der Waals surface area contributed by atoms with Crippen LogP contribution in [0.5, 0.6) is 5.75 Å². The van der Waals surface area contributed by atoms with Gasteiger partial charge in [-0.05, 0) is 22.4 Å². The number of ether oxygens (including phenoxy) is 1. The number of benzene rings is 3. The fourth-order valence-electron chi connectivity index (χ4n) is 4.11. The highest BCUT2D eigenvalue weighted by Crippen LogP contribution is 2.29. The number of hydrogen-bond donors (Lipinski definition) is 1. The summed E-state index contributed by atoms with van der Waals surface area (Å²) in [5, 5.41) is 5.18. The molecule has 0 saturated carbocycles. The molecule has 0 bridgehead atoms. The highest BCUT2D eigenvalue weighted by Gasteiger charge is 2.32. The predicted octanol–water partition coefficient (Wildman–Crippen LogP) is 2.94. The fraction of sp³-hybridized carbons (Fsp3) is 0.292. The molecule has 1 aliphatic rings. The average Bonchev–Trinajstić information content (AvgIpc) is 2.79. The van der Waals surface area contributed by atoms with Crippen LogP contribution in [0, 0.1) is 0 Å². The lowest BCUT2D eigenvalue weighted by Gasteiger charge is -2.33. The molecule has 7 heteroatoms. The largest absolute Gasteiger partial charge is 0.496 e. The predicted molar refractivity (Wildman–Crippen MR) is 122 cm³/mol. The molecule has 162 valence electrons. The van der Waals surface area contributed by atoms with Crippen molar-refractivity contribution in [2.75, 3.05) is 31.7 Å². The van der Waals surface area contributed by atoms with E-state index in [9.17, 15) is 13.2 Å². The number of carbonyl (C=O) groups is 1. The highest BCUT2D eigenvalue weighted by molar-refractivity contribution is 7.91. The van der Waals surface area contributed by atoms with Crippen LogP contribution in [0.2, 0.25) is 0 Å². The number of carbonyl (C=O) groups excluding carboxylic acids is 1. The molecule has 0 radical (unpaired) electrons. The second kappa shape index (κ2) is 9.08. The molecule has 1 saturated heterocycles. The van der Waals surface area contributed by atoms with Gasteiger partial charge in [-0.2, -0.15) is 0 Å². The van der Waals surface area contributed by atoms with E-state index >= 15 is 0 Å². The molecule has 1 atom stereocenters. The van der Waals surface area contributed by atoms with Crippen molar-refractivity contribution >= 4 is 26.5 Å². The van der Waals surface area contributed by atoms with E-state index in [1.807, 2.05) is 71.6 Å². The Morgan fingerprint density at radius 3 is 2.39 bits per heavy atom. The molecule has 3 aromatic rings. The summed E-state index contributed by atoms with van der Waals surface area (Å²) in [4.78, 5) is 15.3. The van der Waals surface area contributed by atoms with E-state index in [1.165, 1.54) is 0 Å². The number of fused-ring (bicyclic) bond motifs is 1. The standard InChI is InChI=1S/C24H26N2O4S/c1-30-22-12-11-18-7-5-6-10-20(18)21(22)17-25-24(27)23(19-8-3-2-4-9-19)26-13-15-31(28,29)16-14-26/h2-12,23H,13-17H2,1H3,(H,25,27). The zero-order valence-corrected chi connectivity index (χ0v) is 18.3. The minimum absolute atomic E-state index is 0.0702. The third kappa shape index (κ3) is 4.73. The van der Waals surface area contributed by atoms with Crippen LogP contribution in [0.1, 0.15) is 17.2 Å². The number of sulfone groups is 1. The van der Waals surface area contributed by atoms with Gasteiger partial charge in [-0.25, -0.2) is 8.42 Å². The monoisotopic (exact) mass is 438 g/mol. The maximum absolute atomic E-state index is 13.4. The lowest BCUT2D eigenvalue weighted by molar-refractivity contribution is -0.126. The summed E-state index contributed by atoms with van der Waals surface area (Å²) in [5.74, 6) is 0.710. The molecular formula is C24H26N2O4S. The summed E-state index contributed by atoms with van der Waals surface area (Å²) in [6, 6.07) is 20.9. The van der Waals surface area contributed by atoms with Crippen LogP contribution in [-0.4, -0.2) is 50.9 Å². The van der Waals surface area contributed by atoms with Gasteiger partial charge in [0.05, 0.1) is 18.6 Å². The number of amides is 1.